The predicted octanol–water partition coefficient (Wildman–Crippen LogP) is 5.66. The van der Waals surface area contributed by atoms with Crippen molar-refractivity contribution in [3.63, 3.8) is 0 Å². The zero-order valence-electron chi connectivity index (χ0n) is 19.0. The number of halogens is 3. The molecule has 2 aromatic carbocycles. The largest absolute Gasteiger partial charge is 0.465 e. The van der Waals surface area contributed by atoms with Crippen molar-refractivity contribution in [2.24, 2.45) is 0 Å². The van der Waals surface area contributed by atoms with E-state index in [0.717, 1.165) is 16.5 Å². The molecule has 0 radical (unpaired) electrons. The number of esters is 1. The summed E-state index contributed by atoms with van der Waals surface area (Å²) in [6.45, 7) is 2.13. The predicted molar refractivity (Wildman–Crippen MR) is 136 cm³/mol. The van der Waals surface area contributed by atoms with E-state index < -0.39 is 17.7 Å². The summed E-state index contributed by atoms with van der Waals surface area (Å²) < 4.78 is 44.1. The quantitative estimate of drug-likeness (QED) is 0.347. The fourth-order valence-corrected chi connectivity index (χ4v) is 5.33. The minimum absolute atomic E-state index is 0.424. The molecule has 0 aliphatic carbocycles. The molecule has 4 rings (SSSR count). The van der Waals surface area contributed by atoms with Crippen LogP contribution >= 0.6 is 23.6 Å². The minimum Gasteiger partial charge on any atom is -0.465 e. The van der Waals surface area contributed by atoms with Gasteiger partial charge in [-0.25, -0.2) is 4.79 Å². The summed E-state index contributed by atoms with van der Waals surface area (Å²) >= 11 is 7.05. The maximum atomic E-state index is 13.1. The average molecular weight is 520 g/mol. The van der Waals surface area contributed by atoms with Crippen LogP contribution in [0.4, 0.5) is 23.9 Å². The highest BCUT2D eigenvalue weighted by Gasteiger charge is 2.31. The first kappa shape index (κ1) is 25.0. The number of piperazine rings is 1. The van der Waals surface area contributed by atoms with Crippen molar-refractivity contribution >= 4 is 45.3 Å². The molecule has 1 fully saturated rings. The van der Waals surface area contributed by atoms with E-state index in [-0.39, 0.29) is 0 Å². The van der Waals surface area contributed by atoms with Gasteiger partial charge in [0.1, 0.15) is 5.00 Å². The summed E-state index contributed by atoms with van der Waals surface area (Å²) in [7, 11) is 1.34. The number of nitrogens with one attached hydrogen (secondary N) is 1. The Hall–Kier alpha value is -3.11. The van der Waals surface area contributed by atoms with Crippen LogP contribution in [0.3, 0.4) is 0 Å². The highest BCUT2D eigenvalue weighted by Crippen LogP contribution is 2.33. The van der Waals surface area contributed by atoms with E-state index in [1.54, 1.807) is 6.07 Å². The number of nitrogens with zero attached hydrogens (tertiary/aromatic N) is 2. The van der Waals surface area contributed by atoms with E-state index >= 15 is 0 Å². The Morgan fingerprint density at radius 1 is 1.06 bits per heavy atom. The monoisotopic (exact) mass is 519 g/mol. The molecule has 1 aliphatic rings. The van der Waals surface area contributed by atoms with Crippen molar-refractivity contribution in [2.75, 3.05) is 43.5 Å². The van der Waals surface area contributed by atoms with Gasteiger partial charge in [-0.2, -0.15) is 13.2 Å². The maximum Gasteiger partial charge on any atom is 0.416 e. The van der Waals surface area contributed by atoms with Gasteiger partial charge in [0, 0.05) is 43.2 Å². The average Bonchev–Trinajstić information content (AvgIpc) is 3.25. The molecule has 1 saturated heterocycles. The fourth-order valence-electron chi connectivity index (χ4n) is 3.90. The molecule has 0 unspecified atom stereocenters. The van der Waals surface area contributed by atoms with Crippen LogP contribution < -0.4 is 10.2 Å². The van der Waals surface area contributed by atoms with Gasteiger partial charge in [-0.15, -0.1) is 11.3 Å². The number of rotatable bonds is 5. The summed E-state index contributed by atoms with van der Waals surface area (Å²) in [5.41, 5.74) is 1.43. The Morgan fingerprint density at radius 2 is 1.77 bits per heavy atom. The first-order valence-corrected chi connectivity index (χ1v) is 12.2. The number of alkyl halides is 3. The molecule has 1 aliphatic heterocycles. The minimum atomic E-state index is -4.37. The molecule has 3 aromatic rings. The second-order valence-electron chi connectivity index (χ2n) is 8.06. The molecule has 0 bridgehead atoms. The molecule has 0 spiro atoms. The summed E-state index contributed by atoms with van der Waals surface area (Å²) in [5, 5.41) is 4.28. The van der Waals surface area contributed by atoms with Crippen LogP contribution in [0, 0.1) is 0 Å². The number of thiocarbonyl (C=S) groups is 1. The van der Waals surface area contributed by atoms with E-state index in [4.69, 9.17) is 17.0 Å². The number of ether oxygens (including phenoxy) is 1. The number of carbonyl (C=O) groups is 1. The number of anilines is 2. The van der Waals surface area contributed by atoms with Crippen LogP contribution in [-0.4, -0.2) is 49.3 Å². The van der Waals surface area contributed by atoms with Crippen LogP contribution in [0.2, 0.25) is 0 Å². The summed E-state index contributed by atoms with van der Waals surface area (Å²) in [5.74, 6) is -0.444. The Kier molecular flexibility index (Phi) is 7.61. The Balaban J connectivity index is 1.42. The lowest BCUT2D eigenvalue weighted by atomic mass is 10.1. The molecule has 2 heterocycles. The Labute approximate surface area is 211 Å². The van der Waals surface area contributed by atoms with Crippen molar-refractivity contribution in [1.29, 1.82) is 0 Å². The second kappa shape index (κ2) is 10.7. The summed E-state index contributed by atoms with van der Waals surface area (Å²) in [6.07, 6.45) is -3.69. The van der Waals surface area contributed by atoms with Crippen LogP contribution in [0.25, 0.3) is 0 Å². The normalized spacial score (nSPS) is 14.1. The molecular formula is C25H24F3N3O2S2. The van der Waals surface area contributed by atoms with Gasteiger partial charge in [-0.3, -0.25) is 0 Å². The van der Waals surface area contributed by atoms with Crippen LogP contribution in [0.5, 0.6) is 0 Å². The van der Waals surface area contributed by atoms with Crippen molar-refractivity contribution in [3.05, 3.63) is 82.2 Å². The summed E-state index contributed by atoms with van der Waals surface area (Å²) in [6, 6.07) is 17.1. The topological polar surface area (TPSA) is 44.8 Å². The van der Waals surface area contributed by atoms with E-state index in [1.807, 2.05) is 46.2 Å². The van der Waals surface area contributed by atoms with Gasteiger partial charge < -0.3 is 19.9 Å². The molecule has 0 saturated carbocycles. The molecule has 0 amide bonds. The molecule has 35 heavy (non-hydrogen) atoms. The fraction of sp³-hybridized carbons (Fsp3) is 0.280. The standard InChI is InChI=1S/C25H24F3N3O2S2/c1-33-23(32)21-16-20(14-17-6-3-2-4-7-17)35-22(21)29-24(34)31-12-10-30(11-13-31)19-9-5-8-18(15-19)25(26,27)28/h2-9,15-16H,10-14H2,1H3,(H,29,34). The third-order valence-corrected chi connectivity index (χ3v) is 7.15. The maximum absolute atomic E-state index is 13.1. The lowest BCUT2D eigenvalue weighted by Crippen LogP contribution is -2.50. The summed E-state index contributed by atoms with van der Waals surface area (Å²) in [4.78, 5) is 17.2. The molecule has 1 N–H and O–H groups in total. The smallest absolute Gasteiger partial charge is 0.416 e. The van der Waals surface area contributed by atoms with E-state index in [9.17, 15) is 18.0 Å². The first-order valence-electron chi connectivity index (χ1n) is 11.0. The SMILES string of the molecule is COC(=O)c1cc(Cc2ccccc2)sc1NC(=S)N1CCN(c2cccc(C(F)(F)F)c2)CC1. The number of hydrogen-bond donors (Lipinski definition) is 1. The lowest BCUT2D eigenvalue weighted by Gasteiger charge is -2.37. The van der Waals surface area contributed by atoms with E-state index in [2.05, 4.69) is 5.32 Å². The lowest BCUT2D eigenvalue weighted by molar-refractivity contribution is -0.137. The Bertz CT molecular complexity index is 1190. The van der Waals surface area contributed by atoms with E-state index in [1.165, 1.54) is 30.6 Å². The highest BCUT2D eigenvalue weighted by atomic mass is 32.1. The molecule has 5 nitrogen and oxygen atoms in total. The molecule has 1 aromatic heterocycles. The number of benzene rings is 2. The number of hydrogen-bond acceptors (Lipinski definition) is 5. The van der Waals surface area contributed by atoms with Gasteiger partial charge in [0.2, 0.25) is 0 Å². The highest BCUT2D eigenvalue weighted by molar-refractivity contribution is 7.80. The number of carbonyl (C=O) groups excluding carboxylic acids is 1. The van der Waals surface area contributed by atoms with Crippen molar-refractivity contribution in [1.82, 2.24) is 4.90 Å². The van der Waals surface area contributed by atoms with Gasteiger partial charge in [0.25, 0.3) is 0 Å². The van der Waals surface area contributed by atoms with Crippen molar-refractivity contribution in [3.8, 4) is 0 Å². The molecular weight excluding hydrogens is 495 g/mol. The molecule has 184 valence electrons. The molecule has 10 heteroatoms. The van der Waals surface area contributed by atoms with Gasteiger partial charge >= 0.3 is 12.1 Å². The van der Waals surface area contributed by atoms with Gasteiger partial charge in [0.15, 0.2) is 5.11 Å². The van der Waals surface area contributed by atoms with Crippen LogP contribution in [0.15, 0.2) is 60.7 Å². The van der Waals surface area contributed by atoms with Gasteiger partial charge in [-0.05, 0) is 42.0 Å². The van der Waals surface area contributed by atoms with Crippen LogP contribution in [-0.2, 0) is 17.3 Å². The Morgan fingerprint density at radius 3 is 2.43 bits per heavy atom. The molecule has 0 atom stereocenters. The zero-order valence-corrected chi connectivity index (χ0v) is 20.6. The van der Waals surface area contributed by atoms with Gasteiger partial charge in [-0.1, -0.05) is 36.4 Å². The number of thiophene rings is 1. The zero-order chi connectivity index (χ0) is 25.0. The number of methoxy groups -OCH3 is 1. The van der Waals surface area contributed by atoms with Gasteiger partial charge in [0.05, 0.1) is 18.2 Å². The van der Waals surface area contributed by atoms with Crippen molar-refractivity contribution in [2.45, 2.75) is 12.6 Å². The van der Waals surface area contributed by atoms with E-state index in [0.29, 0.717) is 54.0 Å². The van der Waals surface area contributed by atoms with Crippen molar-refractivity contribution < 1.29 is 22.7 Å². The first-order chi connectivity index (χ1) is 16.7. The second-order valence-corrected chi connectivity index (χ2v) is 9.59. The van der Waals surface area contributed by atoms with Crippen LogP contribution in [0.1, 0.15) is 26.4 Å². The third-order valence-electron chi connectivity index (χ3n) is 5.74. The third kappa shape index (κ3) is 6.12.